The summed E-state index contributed by atoms with van der Waals surface area (Å²) in [6.45, 7) is 0.0731. The van der Waals surface area contributed by atoms with Gasteiger partial charge in [0, 0.05) is 6.20 Å². The maximum absolute atomic E-state index is 10.8. The van der Waals surface area contributed by atoms with Gasteiger partial charge >= 0.3 is 0 Å². The van der Waals surface area contributed by atoms with Gasteiger partial charge in [0.1, 0.15) is 12.3 Å². The highest BCUT2D eigenvalue weighted by Crippen LogP contribution is 2.38. The van der Waals surface area contributed by atoms with E-state index >= 15 is 0 Å². The number of hydrogen-bond acceptors (Lipinski definition) is 4. The van der Waals surface area contributed by atoms with Crippen molar-refractivity contribution in [2.75, 3.05) is 5.32 Å². The SMILES string of the molecule is NC(=O)Cn1cc(NC2CCc3c(O)cccc32)cn1. The molecule has 1 aromatic carbocycles. The van der Waals surface area contributed by atoms with Crippen LogP contribution in [0.25, 0.3) is 0 Å². The van der Waals surface area contributed by atoms with E-state index in [1.807, 2.05) is 12.1 Å². The van der Waals surface area contributed by atoms with Crippen LogP contribution in [-0.4, -0.2) is 20.8 Å². The van der Waals surface area contributed by atoms with E-state index in [2.05, 4.69) is 10.4 Å². The van der Waals surface area contributed by atoms with Gasteiger partial charge in [-0.05, 0) is 30.0 Å². The van der Waals surface area contributed by atoms with Gasteiger partial charge in [0.05, 0.1) is 17.9 Å². The molecule has 1 heterocycles. The summed E-state index contributed by atoms with van der Waals surface area (Å²) in [7, 11) is 0. The van der Waals surface area contributed by atoms with Crippen molar-refractivity contribution in [2.24, 2.45) is 5.73 Å². The summed E-state index contributed by atoms with van der Waals surface area (Å²) in [5, 5.41) is 17.3. The number of carbonyl (C=O) groups is 1. The normalized spacial score (nSPS) is 16.9. The number of primary amides is 1. The number of nitrogens with one attached hydrogen (secondary N) is 1. The number of hydrogen-bond donors (Lipinski definition) is 3. The van der Waals surface area contributed by atoms with Crippen molar-refractivity contribution in [1.29, 1.82) is 0 Å². The van der Waals surface area contributed by atoms with Crippen LogP contribution in [-0.2, 0) is 17.8 Å². The molecule has 3 rings (SSSR count). The fourth-order valence-electron chi connectivity index (χ4n) is 2.67. The number of rotatable bonds is 4. The van der Waals surface area contributed by atoms with Crippen LogP contribution in [0.1, 0.15) is 23.6 Å². The average molecular weight is 272 g/mol. The molecule has 4 N–H and O–H groups in total. The van der Waals surface area contributed by atoms with Crippen LogP contribution in [0.2, 0.25) is 0 Å². The van der Waals surface area contributed by atoms with Gasteiger partial charge in [-0.2, -0.15) is 5.10 Å². The standard InChI is InChI=1S/C14H16N4O2/c15-14(20)8-18-7-9(6-16-18)17-12-5-4-11-10(12)2-1-3-13(11)19/h1-3,6-7,12,17,19H,4-5,8H2,(H2,15,20). The van der Waals surface area contributed by atoms with Gasteiger partial charge in [-0.1, -0.05) is 12.1 Å². The predicted molar refractivity (Wildman–Crippen MR) is 74.2 cm³/mol. The Morgan fingerprint density at radius 3 is 3.20 bits per heavy atom. The van der Waals surface area contributed by atoms with Gasteiger partial charge in [0.25, 0.3) is 0 Å². The number of aromatic nitrogens is 2. The first-order valence-corrected chi connectivity index (χ1v) is 6.51. The van der Waals surface area contributed by atoms with Crippen molar-refractivity contribution in [3.05, 3.63) is 41.7 Å². The van der Waals surface area contributed by atoms with Gasteiger partial charge in [-0.3, -0.25) is 9.48 Å². The first kappa shape index (κ1) is 12.5. The van der Waals surface area contributed by atoms with E-state index in [1.54, 1.807) is 18.5 Å². The Bertz CT molecular complexity index is 650. The molecule has 1 amide bonds. The van der Waals surface area contributed by atoms with Crippen LogP contribution >= 0.6 is 0 Å². The second-order valence-electron chi connectivity index (χ2n) is 4.97. The van der Waals surface area contributed by atoms with Crippen molar-refractivity contribution in [1.82, 2.24) is 9.78 Å². The van der Waals surface area contributed by atoms with Crippen LogP contribution in [0.15, 0.2) is 30.6 Å². The number of carbonyl (C=O) groups excluding carboxylic acids is 1. The van der Waals surface area contributed by atoms with Crippen LogP contribution < -0.4 is 11.1 Å². The molecule has 6 nitrogen and oxygen atoms in total. The lowest BCUT2D eigenvalue weighted by Crippen LogP contribution is -2.18. The van der Waals surface area contributed by atoms with E-state index in [0.29, 0.717) is 5.75 Å². The highest BCUT2D eigenvalue weighted by molar-refractivity contribution is 5.73. The molecule has 1 aromatic heterocycles. The molecule has 6 heteroatoms. The zero-order chi connectivity index (χ0) is 14.1. The Labute approximate surface area is 116 Å². The second-order valence-corrected chi connectivity index (χ2v) is 4.97. The summed E-state index contributed by atoms with van der Waals surface area (Å²) in [4.78, 5) is 10.8. The number of nitrogens with zero attached hydrogens (tertiary/aromatic N) is 2. The van der Waals surface area contributed by atoms with Crippen LogP contribution in [0.3, 0.4) is 0 Å². The third kappa shape index (κ3) is 2.32. The summed E-state index contributed by atoms with van der Waals surface area (Å²) in [6.07, 6.45) is 5.21. The average Bonchev–Trinajstić information content (AvgIpc) is 2.98. The summed E-state index contributed by atoms with van der Waals surface area (Å²) in [5.41, 5.74) is 8.10. The molecule has 0 saturated carbocycles. The predicted octanol–water partition coefficient (Wildman–Crippen LogP) is 1.17. The molecular formula is C14H16N4O2. The summed E-state index contributed by atoms with van der Waals surface area (Å²) in [6, 6.07) is 5.74. The van der Waals surface area contributed by atoms with Gasteiger partial charge in [0.2, 0.25) is 5.91 Å². The highest BCUT2D eigenvalue weighted by Gasteiger charge is 2.24. The second kappa shape index (κ2) is 4.88. The van der Waals surface area contributed by atoms with Crippen molar-refractivity contribution in [3.63, 3.8) is 0 Å². The Hall–Kier alpha value is -2.50. The third-order valence-electron chi connectivity index (χ3n) is 3.54. The molecule has 1 aliphatic carbocycles. The van der Waals surface area contributed by atoms with Gasteiger partial charge in [0.15, 0.2) is 0 Å². The zero-order valence-corrected chi connectivity index (χ0v) is 10.9. The van der Waals surface area contributed by atoms with E-state index in [4.69, 9.17) is 5.73 Å². The van der Waals surface area contributed by atoms with E-state index in [0.717, 1.165) is 29.7 Å². The molecule has 1 unspecified atom stereocenters. The zero-order valence-electron chi connectivity index (χ0n) is 10.9. The number of aromatic hydroxyl groups is 1. The molecule has 0 aliphatic heterocycles. The largest absolute Gasteiger partial charge is 0.508 e. The highest BCUT2D eigenvalue weighted by atomic mass is 16.3. The van der Waals surface area contributed by atoms with Gasteiger partial charge in [-0.15, -0.1) is 0 Å². The molecule has 0 saturated heterocycles. The summed E-state index contributed by atoms with van der Waals surface area (Å²) in [5.74, 6) is -0.0630. The molecule has 0 radical (unpaired) electrons. The minimum absolute atomic E-state index is 0.0731. The maximum atomic E-state index is 10.8. The molecular weight excluding hydrogens is 256 g/mol. The number of anilines is 1. The Balaban J connectivity index is 1.76. The molecule has 0 fully saturated rings. The minimum atomic E-state index is -0.421. The summed E-state index contributed by atoms with van der Waals surface area (Å²) >= 11 is 0. The molecule has 1 atom stereocenters. The molecule has 0 spiro atoms. The van der Waals surface area contributed by atoms with Crippen molar-refractivity contribution in [2.45, 2.75) is 25.4 Å². The molecule has 20 heavy (non-hydrogen) atoms. The maximum Gasteiger partial charge on any atom is 0.239 e. The third-order valence-corrected chi connectivity index (χ3v) is 3.54. The smallest absolute Gasteiger partial charge is 0.239 e. The van der Waals surface area contributed by atoms with Crippen LogP contribution in [0.5, 0.6) is 5.75 Å². The Morgan fingerprint density at radius 1 is 1.55 bits per heavy atom. The van der Waals surface area contributed by atoms with E-state index in [-0.39, 0.29) is 12.6 Å². The number of phenols is 1. The van der Waals surface area contributed by atoms with Crippen molar-refractivity contribution < 1.29 is 9.90 Å². The topological polar surface area (TPSA) is 93.2 Å². The van der Waals surface area contributed by atoms with Crippen LogP contribution in [0.4, 0.5) is 5.69 Å². The quantitative estimate of drug-likeness (QED) is 0.779. The van der Waals surface area contributed by atoms with Gasteiger partial charge < -0.3 is 16.2 Å². The molecule has 104 valence electrons. The number of phenolic OH excluding ortho intramolecular Hbond substituents is 1. The lowest BCUT2D eigenvalue weighted by Gasteiger charge is -2.13. The monoisotopic (exact) mass is 272 g/mol. The van der Waals surface area contributed by atoms with Crippen LogP contribution in [0, 0.1) is 0 Å². The number of fused-ring (bicyclic) bond motifs is 1. The van der Waals surface area contributed by atoms with E-state index in [1.165, 1.54) is 4.68 Å². The van der Waals surface area contributed by atoms with Crippen molar-refractivity contribution in [3.8, 4) is 5.75 Å². The lowest BCUT2D eigenvalue weighted by atomic mass is 10.1. The first-order chi connectivity index (χ1) is 9.63. The number of amides is 1. The number of nitrogens with two attached hydrogens (primary N) is 1. The fourth-order valence-corrected chi connectivity index (χ4v) is 2.67. The van der Waals surface area contributed by atoms with Crippen molar-refractivity contribution >= 4 is 11.6 Å². The van der Waals surface area contributed by atoms with E-state index in [9.17, 15) is 9.90 Å². The Kier molecular flexibility index (Phi) is 3.06. The van der Waals surface area contributed by atoms with Gasteiger partial charge in [-0.25, -0.2) is 0 Å². The number of benzene rings is 1. The first-order valence-electron chi connectivity index (χ1n) is 6.51. The minimum Gasteiger partial charge on any atom is -0.508 e. The summed E-state index contributed by atoms with van der Waals surface area (Å²) < 4.78 is 1.50. The van der Waals surface area contributed by atoms with E-state index < -0.39 is 5.91 Å². The fraction of sp³-hybridized carbons (Fsp3) is 0.286. The molecule has 1 aliphatic rings. The Morgan fingerprint density at radius 2 is 2.40 bits per heavy atom. The molecule has 0 bridgehead atoms. The lowest BCUT2D eigenvalue weighted by molar-refractivity contribution is -0.118. The molecule has 2 aromatic rings.